The van der Waals surface area contributed by atoms with Crippen LogP contribution in [0.3, 0.4) is 0 Å². The number of rotatable bonds is 7. The average Bonchev–Trinajstić information content (AvgIpc) is 3.13. The normalized spacial score (nSPS) is 19.6. The van der Waals surface area contributed by atoms with Gasteiger partial charge in [-0.2, -0.15) is 0 Å². The SMILES string of the molecule is COc1cc(/C=C2/SC(=Nc3ccccc3)N(C3CCCCC3)C2=O)ccc1OCC(C)C. The molecule has 0 N–H and O–H groups in total. The Balaban J connectivity index is 1.63. The lowest BCUT2D eigenvalue weighted by Gasteiger charge is -2.30. The molecule has 0 bridgehead atoms. The summed E-state index contributed by atoms with van der Waals surface area (Å²) in [7, 11) is 1.64. The fourth-order valence-electron chi connectivity index (χ4n) is 4.14. The molecule has 33 heavy (non-hydrogen) atoms. The van der Waals surface area contributed by atoms with E-state index in [0.29, 0.717) is 28.9 Å². The van der Waals surface area contributed by atoms with Gasteiger partial charge in [0.05, 0.1) is 24.3 Å². The Morgan fingerprint density at radius 1 is 1.09 bits per heavy atom. The number of ether oxygens (including phenoxy) is 2. The number of carbonyl (C=O) groups is 1. The molecule has 0 aromatic heterocycles. The van der Waals surface area contributed by atoms with Crippen molar-refractivity contribution in [3.8, 4) is 11.5 Å². The van der Waals surface area contributed by atoms with Gasteiger partial charge < -0.3 is 9.47 Å². The maximum absolute atomic E-state index is 13.5. The number of hydrogen-bond acceptors (Lipinski definition) is 5. The van der Waals surface area contributed by atoms with Gasteiger partial charge in [0.15, 0.2) is 16.7 Å². The van der Waals surface area contributed by atoms with Crippen molar-refractivity contribution in [3.05, 3.63) is 59.0 Å². The number of hydrogen-bond donors (Lipinski definition) is 0. The second-order valence-electron chi connectivity index (χ2n) is 8.92. The summed E-state index contributed by atoms with van der Waals surface area (Å²) in [5.41, 5.74) is 1.77. The number of amidine groups is 1. The van der Waals surface area contributed by atoms with E-state index in [0.717, 1.165) is 42.1 Å². The standard InChI is InChI=1S/C27H32N2O3S/c1-19(2)18-32-23-15-14-20(16-24(23)31-3)17-25-26(30)29(22-12-8-5-9-13-22)27(33-25)28-21-10-6-4-7-11-21/h4,6-7,10-11,14-17,19,22H,5,8-9,12-13,18H2,1-3H3/b25-17+,28-27?. The van der Waals surface area contributed by atoms with Crippen molar-refractivity contribution in [2.75, 3.05) is 13.7 Å². The number of amides is 1. The molecule has 0 spiro atoms. The molecule has 1 amide bonds. The van der Waals surface area contributed by atoms with Crippen LogP contribution < -0.4 is 9.47 Å². The Kier molecular flexibility index (Phi) is 7.76. The first-order chi connectivity index (χ1) is 16.0. The van der Waals surface area contributed by atoms with Crippen molar-refractivity contribution in [1.82, 2.24) is 4.90 Å². The van der Waals surface area contributed by atoms with E-state index in [1.54, 1.807) is 7.11 Å². The molecule has 2 aromatic carbocycles. The summed E-state index contributed by atoms with van der Waals surface area (Å²) in [6, 6.07) is 15.9. The highest BCUT2D eigenvalue weighted by atomic mass is 32.2. The van der Waals surface area contributed by atoms with Crippen molar-refractivity contribution in [3.63, 3.8) is 0 Å². The van der Waals surface area contributed by atoms with Gasteiger partial charge >= 0.3 is 0 Å². The molecule has 0 radical (unpaired) electrons. The summed E-state index contributed by atoms with van der Waals surface area (Å²) in [6.45, 7) is 4.85. The molecule has 0 atom stereocenters. The van der Waals surface area contributed by atoms with Crippen molar-refractivity contribution in [2.45, 2.75) is 52.0 Å². The number of carbonyl (C=O) groups excluding carboxylic acids is 1. The van der Waals surface area contributed by atoms with Crippen molar-refractivity contribution < 1.29 is 14.3 Å². The highest BCUT2D eigenvalue weighted by Gasteiger charge is 2.38. The summed E-state index contributed by atoms with van der Waals surface area (Å²) in [4.78, 5) is 21.0. The lowest BCUT2D eigenvalue weighted by molar-refractivity contribution is -0.124. The first-order valence-corrected chi connectivity index (χ1v) is 12.5. The van der Waals surface area contributed by atoms with E-state index in [-0.39, 0.29) is 11.9 Å². The van der Waals surface area contributed by atoms with E-state index < -0.39 is 0 Å². The zero-order valence-electron chi connectivity index (χ0n) is 19.6. The van der Waals surface area contributed by atoms with Gasteiger partial charge in [0.25, 0.3) is 5.91 Å². The predicted molar refractivity (Wildman–Crippen MR) is 136 cm³/mol. The minimum Gasteiger partial charge on any atom is -0.493 e. The summed E-state index contributed by atoms with van der Waals surface area (Å²) in [5, 5.41) is 0.771. The van der Waals surface area contributed by atoms with E-state index in [4.69, 9.17) is 14.5 Å². The van der Waals surface area contributed by atoms with Crippen molar-refractivity contribution in [2.24, 2.45) is 10.9 Å². The van der Waals surface area contributed by atoms with Gasteiger partial charge in [-0.15, -0.1) is 0 Å². The topological polar surface area (TPSA) is 51.1 Å². The maximum Gasteiger partial charge on any atom is 0.267 e. The second-order valence-corrected chi connectivity index (χ2v) is 9.93. The lowest BCUT2D eigenvalue weighted by Crippen LogP contribution is -2.40. The molecular weight excluding hydrogens is 432 g/mol. The smallest absolute Gasteiger partial charge is 0.267 e. The van der Waals surface area contributed by atoms with Crippen LogP contribution in [0.4, 0.5) is 5.69 Å². The van der Waals surface area contributed by atoms with Gasteiger partial charge in [-0.3, -0.25) is 9.69 Å². The summed E-state index contributed by atoms with van der Waals surface area (Å²) in [6.07, 6.45) is 7.56. The first kappa shape index (κ1) is 23.4. The number of methoxy groups -OCH3 is 1. The average molecular weight is 465 g/mol. The molecule has 6 heteroatoms. The molecule has 174 valence electrons. The van der Waals surface area contributed by atoms with E-state index in [1.165, 1.54) is 18.2 Å². The monoisotopic (exact) mass is 464 g/mol. The fourth-order valence-corrected chi connectivity index (χ4v) is 5.20. The van der Waals surface area contributed by atoms with Gasteiger partial charge in [-0.05, 0) is 66.4 Å². The van der Waals surface area contributed by atoms with Crippen molar-refractivity contribution >= 4 is 34.6 Å². The number of aliphatic imine (C=N–C) groups is 1. The molecule has 0 unspecified atom stereocenters. The van der Waals surface area contributed by atoms with E-state index >= 15 is 0 Å². The largest absolute Gasteiger partial charge is 0.493 e. The van der Waals surface area contributed by atoms with Crippen LogP contribution in [0.5, 0.6) is 11.5 Å². The third-order valence-electron chi connectivity index (χ3n) is 5.82. The van der Waals surface area contributed by atoms with E-state index in [1.807, 2.05) is 59.5 Å². The Morgan fingerprint density at radius 2 is 1.85 bits per heavy atom. The highest BCUT2D eigenvalue weighted by molar-refractivity contribution is 8.18. The molecule has 2 aromatic rings. The van der Waals surface area contributed by atoms with Crippen LogP contribution in [-0.4, -0.2) is 35.7 Å². The number of nitrogens with zero attached hydrogens (tertiary/aromatic N) is 2. The van der Waals surface area contributed by atoms with Crippen LogP contribution in [0.2, 0.25) is 0 Å². The first-order valence-electron chi connectivity index (χ1n) is 11.7. The number of benzene rings is 2. The van der Waals surface area contributed by atoms with E-state index in [9.17, 15) is 4.79 Å². The van der Waals surface area contributed by atoms with Gasteiger partial charge in [0.1, 0.15) is 0 Å². The van der Waals surface area contributed by atoms with Crippen LogP contribution in [-0.2, 0) is 4.79 Å². The van der Waals surface area contributed by atoms with Crippen LogP contribution in [0.25, 0.3) is 6.08 Å². The van der Waals surface area contributed by atoms with Crippen LogP contribution in [0.15, 0.2) is 58.4 Å². The predicted octanol–water partition coefficient (Wildman–Crippen LogP) is 6.67. The molecule has 2 aliphatic rings. The minimum atomic E-state index is 0.0423. The molecule has 1 saturated carbocycles. The van der Waals surface area contributed by atoms with Crippen LogP contribution in [0.1, 0.15) is 51.5 Å². The Morgan fingerprint density at radius 3 is 2.55 bits per heavy atom. The zero-order chi connectivity index (χ0) is 23.2. The Bertz CT molecular complexity index is 1030. The molecule has 1 heterocycles. The molecule has 2 fully saturated rings. The van der Waals surface area contributed by atoms with Gasteiger partial charge in [-0.25, -0.2) is 4.99 Å². The molecular formula is C27H32N2O3S. The van der Waals surface area contributed by atoms with Gasteiger partial charge in [-0.1, -0.05) is 57.4 Å². The number of para-hydroxylation sites is 1. The maximum atomic E-state index is 13.5. The van der Waals surface area contributed by atoms with E-state index in [2.05, 4.69) is 13.8 Å². The molecule has 1 aliphatic heterocycles. The van der Waals surface area contributed by atoms with Gasteiger partial charge in [0, 0.05) is 6.04 Å². The molecule has 4 rings (SSSR count). The van der Waals surface area contributed by atoms with Crippen molar-refractivity contribution in [1.29, 1.82) is 0 Å². The quantitative estimate of drug-likeness (QED) is 0.430. The Hall–Kier alpha value is -2.73. The highest BCUT2D eigenvalue weighted by Crippen LogP contribution is 2.39. The number of thioether (sulfide) groups is 1. The summed E-state index contributed by atoms with van der Waals surface area (Å²) in [5.74, 6) is 1.86. The third-order valence-corrected chi connectivity index (χ3v) is 6.80. The molecule has 1 aliphatic carbocycles. The second kappa shape index (κ2) is 10.9. The lowest BCUT2D eigenvalue weighted by atomic mass is 9.94. The third kappa shape index (κ3) is 5.80. The summed E-state index contributed by atoms with van der Waals surface area (Å²) >= 11 is 1.46. The Labute approximate surface area is 200 Å². The minimum absolute atomic E-state index is 0.0423. The fraction of sp³-hybridized carbons (Fsp3) is 0.407. The molecule has 5 nitrogen and oxygen atoms in total. The van der Waals surface area contributed by atoms with Gasteiger partial charge in [0.2, 0.25) is 0 Å². The molecule has 1 saturated heterocycles. The van der Waals surface area contributed by atoms with Crippen LogP contribution in [0, 0.1) is 5.92 Å². The summed E-state index contributed by atoms with van der Waals surface area (Å²) < 4.78 is 11.4. The van der Waals surface area contributed by atoms with Crippen LogP contribution >= 0.6 is 11.8 Å². The zero-order valence-corrected chi connectivity index (χ0v) is 20.4.